The Labute approximate surface area is 108 Å². The quantitative estimate of drug-likeness (QED) is 0.823. The maximum Gasteiger partial charge on any atom is 0.132 e. The average Bonchev–Trinajstić information content (AvgIpc) is 2.30. The van der Waals surface area contributed by atoms with Gasteiger partial charge in [0.15, 0.2) is 0 Å². The molecule has 0 fully saturated rings. The van der Waals surface area contributed by atoms with E-state index in [4.69, 9.17) is 11.6 Å². The maximum absolute atomic E-state index is 5.84. The average molecular weight is 298 g/mol. The molecule has 0 bridgehead atoms. The summed E-state index contributed by atoms with van der Waals surface area (Å²) in [6.07, 6.45) is 1.78. The summed E-state index contributed by atoms with van der Waals surface area (Å²) in [5, 5.41) is 0.737. The van der Waals surface area contributed by atoms with E-state index in [0.717, 1.165) is 21.0 Å². The number of nitrogens with zero attached hydrogens (tertiary/aromatic N) is 2. The molecule has 0 atom stereocenters. The Morgan fingerprint density at radius 1 is 1.12 bits per heavy atom. The number of benzene rings is 1. The van der Waals surface area contributed by atoms with Crippen LogP contribution in [-0.4, -0.2) is 12.0 Å². The van der Waals surface area contributed by atoms with E-state index in [2.05, 4.69) is 20.9 Å². The zero-order valence-electron chi connectivity index (χ0n) is 8.69. The van der Waals surface area contributed by atoms with Crippen molar-refractivity contribution in [3.8, 4) is 0 Å². The van der Waals surface area contributed by atoms with Crippen LogP contribution in [-0.2, 0) is 0 Å². The van der Waals surface area contributed by atoms with Crippen LogP contribution in [0.4, 0.5) is 11.5 Å². The Balaban J connectivity index is 2.28. The molecule has 0 spiro atoms. The predicted octanol–water partition coefficient (Wildman–Crippen LogP) is 4.27. The fourth-order valence-corrected chi connectivity index (χ4v) is 1.72. The highest BCUT2D eigenvalue weighted by atomic mass is 79.9. The maximum atomic E-state index is 5.84. The summed E-state index contributed by atoms with van der Waals surface area (Å²) < 4.78 is 0.973. The number of hydrogen-bond donors (Lipinski definition) is 0. The molecule has 16 heavy (non-hydrogen) atoms. The van der Waals surface area contributed by atoms with Gasteiger partial charge in [-0.1, -0.05) is 11.6 Å². The third kappa shape index (κ3) is 2.54. The van der Waals surface area contributed by atoms with E-state index >= 15 is 0 Å². The number of rotatable bonds is 2. The monoisotopic (exact) mass is 296 g/mol. The molecule has 4 heteroatoms. The summed E-state index contributed by atoms with van der Waals surface area (Å²) >= 11 is 9.20. The summed E-state index contributed by atoms with van der Waals surface area (Å²) in [6.45, 7) is 0. The molecule has 0 saturated carbocycles. The van der Waals surface area contributed by atoms with Crippen molar-refractivity contribution >= 4 is 39.0 Å². The van der Waals surface area contributed by atoms with Crippen molar-refractivity contribution < 1.29 is 0 Å². The highest BCUT2D eigenvalue weighted by molar-refractivity contribution is 9.10. The number of anilines is 2. The summed E-state index contributed by atoms with van der Waals surface area (Å²) in [5.41, 5.74) is 1.05. The summed E-state index contributed by atoms with van der Waals surface area (Å²) in [7, 11) is 1.97. The molecule has 0 aliphatic carbocycles. The lowest BCUT2D eigenvalue weighted by atomic mass is 10.3. The first-order chi connectivity index (χ1) is 7.66. The van der Waals surface area contributed by atoms with Crippen molar-refractivity contribution in [2.24, 2.45) is 0 Å². The van der Waals surface area contributed by atoms with Gasteiger partial charge in [-0.2, -0.15) is 0 Å². The third-order valence-electron chi connectivity index (χ3n) is 2.27. The smallest absolute Gasteiger partial charge is 0.132 e. The van der Waals surface area contributed by atoms with E-state index in [-0.39, 0.29) is 0 Å². The highest BCUT2D eigenvalue weighted by Crippen LogP contribution is 2.23. The minimum absolute atomic E-state index is 0.737. The third-order valence-corrected chi connectivity index (χ3v) is 2.99. The molecule has 2 aromatic rings. The van der Waals surface area contributed by atoms with E-state index in [1.54, 1.807) is 6.20 Å². The zero-order valence-corrected chi connectivity index (χ0v) is 11.0. The highest BCUT2D eigenvalue weighted by Gasteiger charge is 2.04. The van der Waals surface area contributed by atoms with Crippen LogP contribution in [0, 0.1) is 0 Å². The van der Waals surface area contributed by atoms with Gasteiger partial charge in [0, 0.05) is 28.4 Å². The van der Waals surface area contributed by atoms with Gasteiger partial charge >= 0.3 is 0 Å². The molecule has 1 aromatic carbocycles. The lowest BCUT2D eigenvalue weighted by Gasteiger charge is -2.18. The molecule has 1 heterocycles. The van der Waals surface area contributed by atoms with Crippen molar-refractivity contribution in [3.05, 3.63) is 52.1 Å². The Bertz CT molecular complexity index is 422. The van der Waals surface area contributed by atoms with Gasteiger partial charge in [-0.3, -0.25) is 0 Å². The first-order valence-electron chi connectivity index (χ1n) is 4.77. The Hall–Kier alpha value is -1.06. The SMILES string of the molecule is CN(c1ccc(Cl)cc1)c1ccc(Br)cn1. The number of aromatic nitrogens is 1. The van der Waals surface area contributed by atoms with Crippen molar-refractivity contribution in [1.29, 1.82) is 0 Å². The van der Waals surface area contributed by atoms with Crippen LogP contribution >= 0.6 is 27.5 Å². The molecule has 2 rings (SSSR count). The van der Waals surface area contributed by atoms with E-state index in [1.807, 2.05) is 48.3 Å². The Morgan fingerprint density at radius 3 is 2.38 bits per heavy atom. The van der Waals surface area contributed by atoms with Gasteiger partial charge in [0.2, 0.25) is 0 Å². The standard InChI is InChI=1S/C12H10BrClN2/c1-16(11-5-3-10(14)4-6-11)12-7-2-9(13)8-15-12/h2-8H,1H3. The van der Waals surface area contributed by atoms with Crippen LogP contribution in [0.15, 0.2) is 47.1 Å². The van der Waals surface area contributed by atoms with Crippen LogP contribution in [0.2, 0.25) is 5.02 Å². The van der Waals surface area contributed by atoms with Gasteiger partial charge in [-0.15, -0.1) is 0 Å². The van der Waals surface area contributed by atoms with Crippen LogP contribution in [0.5, 0.6) is 0 Å². The largest absolute Gasteiger partial charge is 0.329 e. The zero-order chi connectivity index (χ0) is 11.5. The second-order valence-electron chi connectivity index (χ2n) is 3.37. The van der Waals surface area contributed by atoms with Crippen molar-refractivity contribution in [3.63, 3.8) is 0 Å². The van der Waals surface area contributed by atoms with E-state index in [0.29, 0.717) is 0 Å². The first-order valence-corrected chi connectivity index (χ1v) is 5.95. The first kappa shape index (κ1) is 11.4. The van der Waals surface area contributed by atoms with Crippen LogP contribution < -0.4 is 4.90 Å². The molecule has 82 valence electrons. The van der Waals surface area contributed by atoms with Crippen molar-refractivity contribution in [2.45, 2.75) is 0 Å². The minimum Gasteiger partial charge on any atom is -0.329 e. The Kier molecular flexibility index (Phi) is 3.46. The van der Waals surface area contributed by atoms with E-state index < -0.39 is 0 Å². The minimum atomic E-state index is 0.737. The van der Waals surface area contributed by atoms with Gasteiger partial charge in [0.05, 0.1) is 0 Å². The molecular formula is C12H10BrClN2. The van der Waals surface area contributed by atoms with Crippen molar-refractivity contribution in [1.82, 2.24) is 4.98 Å². The van der Waals surface area contributed by atoms with Crippen LogP contribution in [0.25, 0.3) is 0 Å². The molecule has 0 radical (unpaired) electrons. The van der Waals surface area contributed by atoms with Gasteiger partial charge in [0.25, 0.3) is 0 Å². The fourth-order valence-electron chi connectivity index (χ4n) is 1.36. The lowest BCUT2D eigenvalue weighted by Crippen LogP contribution is -2.10. The van der Waals surface area contributed by atoms with Gasteiger partial charge in [0.1, 0.15) is 5.82 Å². The molecule has 0 aliphatic heterocycles. The molecule has 0 unspecified atom stereocenters. The normalized spacial score (nSPS) is 10.2. The van der Waals surface area contributed by atoms with Gasteiger partial charge < -0.3 is 4.90 Å². The van der Waals surface area contributed by atoms with Crippen LogP contribution in [0.1, 0.15) is 0 Å². The topological polar surface area (TPSA) is 16.1 Å². The summed E-state index contributed by atoms with van der Waals surface area (Å²) in [4.78, 5) is 6.33. The number of hydrogen-bond acceptors (Lipinski definition) is 2. The molecule has 0 aliphatic rings. The molecule has 0 amide bonds. The fraction of sp³-hybridized carbons (Fsp3) is 0.0833. The number of halogens is 2. The second kappa shape index (κ2) is 4.85. The van der Waals surface area contributed by atoms with Crippen LogP contribution in [0.3, 0.4) is 0 Å². The van der Waals surface area contributed by atoms with E-state index in [1.165, 1.54) is 0 Å². The molecule has 1 aromatic heterocycles. The summed E-state index contributed by atoms with van der Waals surface area (Å²) in [5.74, 6) is 0.894. The molecule has 0 saturated heterocycles. The Morgan fingerprint density at radius 2 is 1.81 bits per heavy atom. The number of pyridine rings is 1. The van der Waals surface area contributed by atoms with Gasteiger partial charge in [-0.05, 0) is 52.3 Å². The lowest BCUT2D eigenvalue weighted by molar-refractivity contribution is 1.12. The van der Waals surface area contributed by atoms with E-state index in [9.17, 15) is 0 Å². The molecule has 2 nitrogen and oxygen atoms in total. The van der Waals surface area contributed by atoms with Gasteiger partial charge in [-0.25, -0.2) is 4.98 Å². The molecular weight excluding hydrogens is 288 g/mol. The predicted molar refractivity (Wildman–Crippen MR) is 71.5 cm³/mol. The second-order valence-corrected chi connectivity index (χ2v) is 4.72. The molecule has 0 N–H and O–H groups in total. The van der Waals surface area contributed by atoms with Crippen molar-refractivity contribution in [2.75, 3.05) is 11.9 Å². The summed E-state index contributed by atoms with van der Waals surface area (Å²) in [6, 6.07) is 11.6.